The molecule has 1 saturated carbocycles. The smallest absolute Gasteiger partial charge is 0.323 e. The molecule has 2 heterocycles. The Morgan fingerprint density at radius 3 is 2.94 bits per heavy atom. The molecule has 1 aliphatic carbocycles. The monoisotopic (exact) mass is 246 g/mol. The molecule has 0 aromatic carbocycles. The van der Waals surface area contributed by atoms with Gasteiger partial charge in [-0.15, -0.1) is 0 Å². The van der Waals surface area contributed by atoms with Crippen LogP contribution in [0.1, 0.15) is 31.4 Å². The Bertz CT molecular complexity index is 562. The highest BCUT2D eigenvalue weighted by Gasteiger charge is 2.26. The van der Waals surface area contributed by atoms with E-state index >= 15 is 0 Å². The molecule has 7 heteroatoms. The predicted octanol–water partition coefficient (Wildman–Crippen LogP) is 0.916. The zero-order chi connectivity index (χ0) is 12.5. The van der Waals surface area contributed by atoms with Gasteiger partial charge in [-0.1, -0.05) is 0 Å². The molecule has 0 amide bonds. The van der Waals surface area contributed by atoms with Crippen LogP contribution in [0, 0.1) is 0 Å². The van der Waals surface area contributed by atoms with E-state index in [0.29, 0.717) is 18.5 Å². The maximum Gasteiger partial charge on any atom is 0.323 e. The molecule has 0 unspecified atom stereocenters. The van der Waals surface area contributed by atoms with Gasteiger partial charge in [-0.3, -0.25) is 0 Å². The molecule has 2 N–H and O–H groups in total. The highest BCUT2D eigenvalue weighted by molar-refractivity contribution is 5.25. The quantitative estimate of drug-likeness (QED) is 0.862. The molecule has 0 bridgehead atoms. The zero-order valence-corrected chi connectivity index (χ0v) is 10.1. The second-order valence-corrected chi connectivity index (χ2v) is 4.17. The van der Waals surface area contributed by atoms with Crippen molar-refractivity contribution in [2.24, 2.45) is 0 Å². The Kier molecular flexibility index (Phi) is 2.58. The second kappa shape index (κ2) is 4.25. The summed E-state index contributed by atoms with van der Waals surface area (Å²) >= 11 is 0. The van der Waals surface area contributed by atoms with Gasteiger partial charge in [-0.25, -0.2) is 4.68 Å². The molecule has 3 rings (SSSR count). The average Bonchev–Trinajstić information content (AvgIpc) is 3.07. The molecule has 1 aliphatic rings. The van der Waals surface area contributed by atoms with Crippen LogP contribution in [-0.2, 0) is 0 Å². The molecule has 2 aromatic rings. The van der Waals surface area contributed by atoms with Gasteiger partial charge in [0.05, 0.1) is 12.3 Å². The Hall–Kier alpha value is -2.18. The van der Waals surface area contributed by atoms with E-state index in [4.69, 9.17) is 10.5 Å². The molecular weight excluding hydrogens is 232 g/mol. The predicted molar refractivity (Wildman–Crippen MR) is 64.5 cm³/mol. The fourth-order valence-corrected chi connectivity index (χ4v) is 1.70. The van der Waals surface area contributed by atoms with Crippen molar-refractivity contribution in [1.82, 2.24) is 24.7 Å². The normalized spacial score (nSPS) is 14.7. The van der Waals surface area contributed by atoms with Crippen molar-refractivity contribution in [2.75, 3.05) is 12.3 Å². The van der Waals surface area contributed by atoms with E-state index in [0.717, 1.165) is 5.69 Å². The van der Waals surface area contributed by atoms with Gasteiger partial charge < -0.3 is 10.5 Å². The Labute approximate surface area is 104 Å². The van der Waals surface area contributed by atoms with Crippen LogP contribution in [0.15, 0.2) is 12.3 Å². The highest BCUT2D eigenvalue weighted by Crippen LogP contribution is 2.38. The Balaban J connectivity index is 1.93. The lowest BCUT2D eigenvalue weighted by Crippen LogP contribution is -2.09. The van der Waals surface area contributed by atoms with Gasteiger partial charge >= 0.3 is 6.01 Å². The third-order valence-corrected chi connectivity index (χ3v) is 2.70. The van der Waals surface area contributed by atoms with Crippen LogP contribution in [0.5, 0.6) is 6.01 Å². The summed E-state index contributed by atoms with van der Waals surface area (Å²) in [5.41, 5.74) is 6.70. The van der Waals surface area contributed by atoms with Crippen molar-refractivity contribution in [3.8, 4) is 12.0 Å². The van der Waals surface area contributed by atoms with Gasteiger partial charge in [0.15, 0.2) is 0 Å². The maximum atomic E-state index is 5.62. The zero-order valence-electron chi connectivity index (χ0n) is 10.1. The third-order valence-electron chi connectivity index (χ3n) is 2.70. The number of aromatic nitrogens is 5. The summed E-state index contributed by atoms with van der Waals surface area (Å²) in [6.45, 7) is 2.34. The molecule has 0 radical (unpaired) electrons. The molecule has 1 fully saturated rings. The summed E-state index contributed by atoms with van der Waals surface area (Å²) in [4.78, 5) is 12.1. The van der Waals surface area contributed by atoms with Crippen LogP contribution >= 0.6 is 0 Å². The number of nitrogens with two attached hydrogens (primary N) is 1. The molecule has 7 nitrogen and oxygen atoms in total. The number of anilines is 1. The van der Waals surface area contributed by atoms with Gasteiger partial charge in [0, 0.05) is 12.1 Å². The summed E-state index contributed by atoms with van der Waals surface area (Å²) in [5, 5.41) is 4.44. The van der Waals surface area contributed by atoms with Gasteiger partial charge in [0.25, 0.3) is 5.95 Å². The molecule has 18 heavy (non-hydrogen) atoms. The molecule has 0 saturated heterocycles. The van der Waals surface area contributed by atoms with Gasteiger partial charge in [-0.2, -0.15) is 20.1 Å². The number of nitrogens with zero attached hydrogens (tertiary/aromatic N) is 5. The number of rotatable bonds is 4. The first-order chi connectivity index (χ1) is 8.76. The molecule has 0 aliphatic heterocycles. The summed E-state index contributed by atoms with van der Waals surface area (Å²) in [5.74, 6) is 1.11. The van der Waals surface area contributed by atoms with Crippen LogP contribution < -0.4 is 10.5 Å². The van der Waals surface area contributed by atoms with Crippen molar-refractivity contribution in [3.05, 3.63) is 18.0 Å². The fourth-order valence-electron chi connectivity index (χ4n) is 1.70. The summed E-state index contributed by atoms with van der Waals surface area (Å²) in [7, 11) is 0. The number of hydrogen-bond donors (Lipinski definition) is 1. The topological polar surface area (TPSA) is 91.7 Å². The summed E-state index contributed by atoms with van der Waals surface area (Å²) in [6.07, 6.45) is 4.25. The van der Waals surface area contributed by atoms with E-state index in [1.165, 1.54) is 12.8 Å². The van der Waals surface area contributed by atoms with E-state index in [1.54, 1.807) is 4.68 Å². The summed E-state index contributed by atoms with van der Waals surface area (Å²) < 4.78 is 6.84. The fraction of sp³-hybridized carbons (Fsp3) is 0.455. The molecule has 2 aromatic heterocycles. The average molecular weight is 246 g/mol. The number of ether oxygens (including phenoxy) is 1. The minimum atomic E-state index is 0.131. The van der Waals surface area contributed by atoms with E-state index in [9.17, 15) is 0 Å². The van der Waals surface area contributed by atoms with Crippen molar-refractivity contribution in [3.63, 3.8) is 0 Å². The van der Waals surface area contributed by atoms with E-state index in [1.807, 2.05) is 19.2 Å². The Morgan fingerprint density at radius 2 is 2.22 bits per heavy atom. The van der Waals surface area contributed by atoms with Crippen LogP contribution in [0.4, 0.5) is 5.95 Å². The number of hydrogen-bond acceptors (Lipinski definition) is 6. The summed E-state index contributed by atoms with van der Waals surface area (Å²) in [6, 6.07) is 2.21. The van der Waals surface area contributed by atoms with Crippen molar-refractivity contribution in [2.45, 2.75) is 25.7 Å². The SMILES string of the molecule is CCOc1nc(N)nc(-n2ccc(C3CC3)n2)n1. The first-order valence-electron chi connectivity index (χ1n) is 5.96. The van der Waals surface area contributed by atoms with Crippen LogP contribution in [-0.4, -0.2) is 31.3 Å². The van der Waals surface area contributed by atoms with Crippen LogP contribution in [0.25, 0.3) is 5.95 Å². The maximum absolute atomic E-state index is 5.62. The van der Waals surface area contributed by atoms with Crippen LogP contribution in [0.3, 0.4) is 0 Å². The van der Waals surface area contributed by atoms with Gasteiger partial charge in [0.1, 0.15) is 0 Å². The van der Waals surface area contributed by atoms with E-state index in [2.05, 4.69) is 20.1 Å². The largest absolute Gasteiger partial charge is 0.464 e. The Morgan fingerprint density at radius 1 is 1.39 bits per heavy atom. The minimum Gasteiger partial charge on any atom is -0.464 e. The van der Waals surface area contributed by atoms with E-state index in [-0.39, 0.29) is 12.0 Å². The first kappa shape index (κ1) is 10.9. The lowest BCUT2D eigenvalue weighted by molar-refractivity contribution is 0.311. The standard InChI is InChI=1S/C11H14N6O/c1-2-18-11-14-9(12)13-10(15-11)17-6-5-8(16-17)7-3-4-7/h5-7H,2-4H2,1H3,(H2,12,13,14,15). The van der Waals surface area contributed by atoms with Gasteiger partial charge in [-0.05, 0) is 25.8 Å². The lowest BCUT2D eigenvalue weighted by Gasteiger charge is -2.04. The molecule has 0 atom stereocenters. The lowest BCUT2D eigenvalue weighted by atomic mass is 10.3. The van der Waals surface area contributed by atoms with Gasteiger partial charge in [0.2, 0.25) is 5.95 Å². The molecule has 0 spiro atoms. The molecular formula is C11H14N6O. The van der Waals surface area contributed by atoms with Crippen molar-refractivity contribution in [1.29, 1.82) is 0 Å². The highest BCUT2D eigenvalue weighted by atomic mass is 16.5. The first-order valence-corrected chi connectivity index (χ1v) is 5.96. The van der Waals surface area contributed by atoms with Crippen molar-refractivity contribution < 1.29 is 4.74 Å². The van der Waals surface area contributed by atoms with Crippen molar-refractivity contribution >= 4 is 5.95 Å². The van der Waals surface area contributed by atoms with Crippen LogP contribution in [0.2, 0.25) is 0 Å². The molecule has 94 valence electrons. The number of nitrogen functional groups attached to an aromatic ring is 1. The minimum absolute atomic E-state index is 0.131. The van der Waals surface area contributed by atoms with E-state index < -0.39 is 0 Å². The second-order valence-electron chi connectivity index (χ2n) is 4.17. The third kappa shape index (κ3) is 2.11.